The Hall–Kier alpha value is -3.63. The maximum Gasteiger partial charge on any atom is 0.261 e. The van der Waals surface area contributed by atoms with Crippen molar-refractivity contribution < 1.29 is 14.0 Å². The van der Waals surface area contributed by atoms with E-state index in [0.29, 0.717) is 34.1 Å². The van der Waals surface area contributed by atoms with Crippen molar-refractivity contribution in [2.75, 3.05) is 43.4 Å². The Morgan fingerprint density at radius 3 is 2.64 bits per heavy atom. The SMILES string of the molecule is CN1CCN(c2ccc(C(=O)Nc3n[nH]c4cc(C(=O)NCc5ccco5)sc34)cc2)CC1. The number of benzene rings is 1. The van der Waals surface area contributed by atoms with E-state index in [2.05, 4.69) is 37.7 Å². The van der Waals surface area contributed by atoms with Gasteiger partial charge in [0.25, 0.3) is 11.8 Å². The van der Waals surface area contributed by atoms with Gasteiger partial charge in [-0.1, -0.05) is 0 Å². The zero-order chi connectivity index (χ0) is 22.8. The normalized spacial score (nSPS) is 14.5. The topological polar surface area (TPSA) is 106 Å². The molecule has 0 saturated carbocycles. The van der Waals surface area contributed by atoms with Crippen molar-refractivity contribution in [1.29, 1.82) is 0 Å². The van der Waals surface area contributed by atoms with Gasteiger partial charge in [-0.15, -0.1) is 11.3 Å². The van der Waals surface area contributed by atoms with Crippen molar-refractivity contribution in [3.63, 3.8) is 0 Å². The molecule has 10 heteroatoms. The Balaban J connectivity index is 1.24. The summed E-state index contributed by atoms with van der Waals surface area (Å²) in [6.45, 7) is 4.32. The molecule has 0 atom stereocenters. The van der Waals surface area contributed by atoms with Gasteiger partial charge in [-0.3, -0.25) is 14.7 Å². The molecule has 1 aromatic carbocycles. The summed E-state index contributed by atoms with van der Waals surface area (Å²) in [5, 5.41) is 12.8. The van der Waals surface area contributed by atoms with E-state index in [0.717, 1.165) is 36.6 Å². The molecule has 0 unspecified atom stereocenters. The monoisotopic (exact) mass is 464 g/mol. The van der Waals surface area contributed by atoms with Crippen LogP contribution < -0.4 is 15.5 Å². The van der Waals surface area contributed by atoms with E-state index < -0.39 is 0 Å². The van der Waals surface area contributed by atoms with E-state index in [-0.39, 0.29) is 11.8 Å². The van der Waals surface area contributed by atoms with Gasteiger partial charge in [-0.25, -0.2) is 0 Å². The first-order valence-electron chi connectivity index (χ1n) is 10.7. The molecular weight excluding hydrogens is 440 g/mol. The van der Waals surface area contributed by atoms with E-state index in [9.17, 15) is 9.59 Å². The van der Waals surface area contributed by atoms with E-state index in [4.69, 9.17) is 4.42 Å². The van der Waals surface area contributed by atoms with Gasteiger partial charge in [-0.05, 0) is 49.5 Å². The highest BCUT2D eigenvalue weighted by atomic mass is 32.1. The van der Waals surface area contributed by atoms with Crippen LogP contribution in [0.4, 0.5) is 11.5 Å². The highest BCUT2D eigenvalue weighted by molar-refractivity contribution is 7.21. The number of aromatic nitrogens is 2. The lowest BCUT2D eigenvalue weighted by Crippen LogP contribution is -2.44. The molecule has 33 heavy (non-hydrogen) atoms. The zero-order valence-electron chi connectivity index (χ0n) is 18.1. The van der Waals surface area contributed by atoms with E-state index in [1.165, 1.54) is 11.3 Å². The van der Waals surface area contributed by atoms with Crippen LogP contribution in [0.1, 0.15) is 25.8 Å². The number of hydrogen-bond donors (Lipinski definition) is 3. The van der Waals surface area contributed by atoms with Gasteiger partial charge < -0.3 is 24.9 Å². The summed E-state index contributed by atoms with van der Waals surface area (Å²) >= 11 is 1.27. The van der Waals surface area contributed by atoms with Crippen LogP contribution >= 0.6 is 11.3 Å². The second-order valence-electron chi connectivity index (χ2n) is 7.98. The van der Waals surface area contributed by atoms with Gasteiger partial charge in [0.2, 0.25) is 0 Å². The van der Waals surface area contributed by atoms with Gasteiger partial charge in [-0.2, -0.15) is 5.10 Å². The molecule has 1 aliphatic heterocycles. The highest BCUT2D eigenvalue weighted by Crippen LogP contribution is 2.30. The molecule has 1 aliphatic rings. The van der Waals surface area contributed by atoms with Crippen molar-refractivity contribution in [3.05, 3.63) is 64.9 Å². The maximum absolute atomic E-state index is 12.8. The minimum atomic E-state index is -0.245. The smallest absolute Gasteiger partial charge is 0.261 e. The number of nitrogens with zero attached hydrogens (tertiary/aromatic N) is 3. The standard InChI is InChI=1S/C23H24N6O3S/c1-28-8-10-29(11-9-28)16-6-4-15(5-7-16)22(30)25-21-20-18(26-27-21)13-19(33-20)23(31)24-14-17-3-2-12-32-17/h2-7,12-13H,8-11,14H2,1H3,(H,24,31)(H2,25,26,27,30). The molecule has 3 aromatic heterocycles. The Bertz CT molecular complexity index is 1250. The maximum atomic E-state index is 12.8. The van der Waals surface area contributed by atoms with Crippen molar-refractivity contribution in [3.8, 4) is 0 Å². The van der Waals surface area contributed by atoms with Crippen molar-refractivity contribution in [2.45, 2.75) is 6.54 Å². The van der Waals surface area contributed by atoms with Gasteiger partial charge in [0.1, 0.15) is 5.76 Å². The average Bonchev–Trinajstić information content (AvgIpc) is 3.57. The lowest BCUT2D eigenvalue weighted by molar-refractivity contribution is 0.0951. The summed E-state index contributed by atoms with van der Waals surface area (Å²) in [5.41, 5.74) is 2.37. The molecule has 1 fully saturated rings. The van der Waals surface area contributed by atoms with Gasteiger partial charge in [0.05, 0.1) is 27.9 Å². The molecule has 5 rings (SSSR count). The molecule has 9 nitrogen and oxygen atoms in total. The second kappa shape index (κ2) is 9.08. The molecule has 170 valence electrons. The first-order valence-corrected chi connectivity index (χ1v) is 11.5. The quantitative estimate of drug-likeness (QED) is 0.405. The Morgan fingerprint density at radius 1 is 1.12 bits per heavy atom. The number of rotatable bonds is 6. The fraction of sp³-hybridized carbons (Fsp3) is 0.261. The second-order valence-corrected chi connectivity index (χ2v) is 9.03. The molecule has 4 heterocycles. The number of carbonyl (C=O) groups is 2. The van der Waals surface area contributed by atoms with Crippen LogP contribution in [0.5, 0.6) is 0 Å². The number of amides is 2. The number of carbonyl (C=O) groups excluding carboxylic acids is 2. The third-order valence-corrected chi connectivity index (χ3v) is 6.83. The van der Waals surface area contributed by atoms with Crippen LogP contribution in [0.25, 0.3) is 10.2 Å². The third-order valence-electron chi connectivity index (χ3n) is 5.69. The zero-order valence-corrected chi connectivity index (χ0v) is 18.9. The Kier molecular flexibility index (Phi) is 5.84. The number of furan rings is 1. The summed E-state index contributed by atoms with van der Waals surface area (Å²) in [5.74, 6) is 0.635. The number of anilines is 2. The molecule has 0 aliphatic carbocycles. The van der Waals surface area contributed by atoms with Crippen LogP contribution in [0.2, 0.25) is 0 Å². The average molecular weight is 465 g/mol. The first kappa shape index (κ1) is 21.2. The molecule has 2 amide bonds. The molecule has 0 radical (unpaired) electrons. The molecule has 3 N–H and O–H groups in total. The number of aromatic amines is 1. The largest absolute Gasteiger partial charge is 0.467 e. The molecular formula is C23H24N6O3S. The summed E-state index contributed by atoms with van der Waals surface area (Å²) in [7, 11) is 2.13. The number of piperazine rings is 1. The van der Waals surface area contributed by atoms with Gasteiger partial charge in [0, 0.05) is 37.4 Å². The Labute approximate surface area is 194 Å². The molecule has 0 bridgehead atoms. The summed E-state index contributed by atoms with van der Waals surface area (Å²) in [4.78, 5) is 30.4. The van der Waals surface area contributed by atoms with Crippen molar-refractivity contribution >= 4 is 44.9 Å². The summed E-state index contributed by atoms with van der Waals surface area (Å²) < 4.78 is 5.96. The Morgan fingerprint density at radius 2 is 1.91 bits per heavy atom. The number of fused-ring (bicyclic) bond motifs is 1. The number of hydrogen-bond acceptors (Lipinski definition) is 7. The minimum absolute atomic E-state index is 0.210. The van der Waals surface area contributed by atoms with E-state index >= 15 is 0 Å². The minimum Gasteiger partial charge on any atom is -0.467 e. The lowest BCUT2D eigenvalue weighted by atomic mass is 10.1. The number of nitrogens with one attached hydrogen (secondary N) is 3. The lowest BCUT2D eigenvalue weighted by Gasteiger charge is -2.34. The van der Waals surface area contributed by atoms with E-state index in [1.54, 1.807) is 24.5 Å². The van der Waals surface area contributed by atoms with Crippen LogP contribution in [0.15, 0.2) is 53.1 Å². The summed E-state index contributed by atoms with van der Waals surface area (Å²) in [6, 6.07) is 12.9. The van der Waals surface area contributed by atoms with Crippen molar-refractivity contribution in [1.82, 2.24) is 20.4 Å². The fourth-order valence-corrected chi connectivity index (χ4v) is 4.72. The van der Waals surface area contributed by atoms with E-state index in [1.807, 2.05) is 24.3 Å². The number of likely N-dealkylation sites (N-methyl/N-ethyl adjacent to an activating group) is 1. The van der Waals surface area contributed by atoms with Crippen LogP contribution in [0.3, 0.4) is 0 Å². The van der Waals surface area contributed by atoms with Crippen molar-refractivity contribution in [2.24, 2.45) is 0 Å². The molecule has 4 aromatic rings. The molecule has 0 spiro atoms. The summed E-state index contributed by atoms with van der Waals surface area (Å²) in [6.07, 6.45) is 1.57. The van der Waals surface area contributed by atoms with Gasteiger partial charge in [0.15, 0.2) is 5.82 Å². The third kappa shape index (κ3) is 4.62. The predicted octanol–water partition coefficient (Wildman–Crippen LogP) is 3.15. The fourth-order valence-electron chi connectivity index (χ4n) is 3.75. The predicted molar refractivity (Wildman–Crippen MR) is 128 cm³/mol. The highest BCUT2D eigenvalue weighted by Gasteiger charge is 2.18. The van der Waals surface area contributed by atoms with Crippen LogP contribution in [-0.4, -0.2) is 60.1 Å². The van der Waals surface area contributed by atoms with Crippen LogP contribution in [-0.2, 0) is 6.54 Å². The molecule has 1 saturated heterocycles. The number of H-pyrrole nitrogens is 1. The van der Waals surface area contributed by atoms with Gasteiger partial charge >= 0.3 is 0 Å². The number of thiophene rings is 1. The first-order chi connectivity index (χ1) is 16.1. The van der Waals surface area contributed by atoms with Crippen LogP contribution in [0, 0.1) is 0 Å².